The zero-order valence-corrected chi connectivity index (χ0v) is 23.2. The van der Waals surface area contributed by atoms with Crippen LogP contribution in [0.3, 0.4) is 0 Å². The van der Waals surface area contributed by atoms with Gasteiger partial charge >= 0.3 is 17.9 Å². The van der Waals surface area contributed by atoms with Gasteiger partial charge in [0.05, 0.1) is 0 Å². The Morgan fingerprint density at radius 1 is 0.600 bits per heavy atom. The Labute approximate surface area is 214 Å². The second kappa shape index (κ2) is 19.6. The second-order valence-electron chi connectivity index (χ2n) is 11.2. The molecule has 0 saturated carbocycles. The lowest BCUT2D eigenvalue weighted by Crippen LogP contribution is -2.43. The van der Waals surface area contributed by atoms with Gasteiger partial charge in [-0.15, -0.1) is 0 Å². The molecular weight excluding hydrogens is 444 g/mol. The molecule has 35 heavy (non-hydrogen) atoms. The van der Waals surface area contributed by atoms with Crippen molar-refractivity contribution in [3.63, 3.8) is 0 Å². The fourth-order valence-corrected chi connectivity index (χ4v) is 4.51. The number of rotatable bonds is 23. The molecule has 1 atom stereocenters. The molecule has 0 aromatic rings. The normalized spacial score (nSPS) is 13.4. The Morgan fingerprint density at radius 3 is 1.31 bits per heavy atom. The first kappa shape index (κ1) is 33.4. The first-order valence-electron chi connectivity index (χ1n) is 14.2. The Bertz CT molecular complexity index is 580. The predicted octanol–water partition coefficient (Wildman–Crippen LogP) is 8.31. The van der Waals surface area contributed by atoms with Crippen LogP contribution < -0.4 is 0 Å². The monoisotopic (exact) mass is 498 g/mol. The summed E-state index contributed by atoms with van der Waals surface area (Å²) in [6.07, 6.45) is 18.6. The molecule has 0 radical (unpaired) electrons. The molecule has 0 spiro atoms. The van der Waals surface area contributed by atoms with Crippen LogP contribution >= 0.6 is 0 Å². The topological polar surface area (TPSA) is 101 Å². The third-order valence-corrected chi connectivity index (χ3v) is 6.65. The van der Waals surface area contributed by atoms with E-state index in [1.807, 2.05) is 0 Å². The van der Waals surface area contributed by atoms with E-state index in [-0.39, 0.29) is 6.42 Å². The zero-order valence-electron chi connectivity index (χ0n) is 23.2. The molecule has 0 aliphatic heterocycles. The molecule has 1 unspecified atom stereocenters. The summed E-state index contributed by atoms with van der Waals surface area (Å²) in [4.78, 5) is 36.0. The highest BCUT2D eigenvalue weighted by Gasteiger charge is 2.47. The molecule has 0 aromatic heterocycles. The van der Waals surface area contributed by atoms with Crippen LogP contribution in [0.25, 0.3) is 0 Å². The van der Waals surface area contributed by atoms with Crippen molar-refractivity contribution in [2.75, 3.05) is 0 Å². The maximum atomic E-state index is 13.1. The number of unbranched alkanes of at least 4 members (excludes halogenated alkanes) is 15. The minimum atomic E-state index is -1.45. The third-order valence-electron chi connectivity index (χ3n) is 6.65. The lowest BCUT2D eigenvalue weighted by molar-refractivity contribution is -0.178. The molecule has 206 valence electrons. The van der Waals surface area contributed by atoms with Crippen molar-refractivity contribution in [3.05, 3.63) is 0 Å². The minimum Gasteiger partial charge on any atom is -0.481 e. The van der Waals surface area contributed by atoms with Gasteiger partial charge in [-0.2, -0.15) is 0 Å². The Balaban J connectivity index is 4.57. The average molecular weight is 499 g/mol. The van der Waals surface area contributed by atoms with E-state index >= 15 is 0 Å². The summed E-state index contributed by atoms with van der Waals surface area (Å²) in [6.45, 7) is 7.57. The number of hydrogen-bond acceptors (Lipinski definition) is 4. The highest BCUT2D eigenvalue weighted by atomic mass is 16.6. The van der Waals surface area contributed by atoms with Gasteiger partial charge in [-0.3, -0.25) is 14.4 Å². The average Bonchev–Trinajstić information content (AvgIpc) is 2.76. The summed E-state index contributed by atoms with van der Waals surface area (Å²) in [7, 11) is 0. The van der Waals surface area contributed by atoms with Crippen molar-refractivity contribution in [2.45, 2.75) is 162 Å². The lowest BCUT2D eigenvalue weighted by Gasteiger charge is -2.31. The van der Waals surface area contributed by atoms with E-state index in [0.29, 0.717) is 19.3 Å². The lowest BCUT2D eigenvalue weighted by atomic mass is 9.77. The summed E-state index contributed by atoms with van der Waals surface area (Å²) in [5.41, 5.74) is -2.16. The molecule has 0 aromatic carbocycles. The number of esters is 1. The van der Waals surface area contributed by atoms with E-state index in [1.165, 1.54) is 38.5 Å². The van der Waals surface area contributed by atoms with Crippen molar-refractivity contribution in [2.24, 2.45) is 5.41 Å². The van der Waals surface area contributed by atoms with Gasteiger partial charge < -0.3 is 14.9 Å². The quantitative estimate of drug-likeness (QED) is 0.0834. The van der Waals surface area contributed by atoms with Gasteiger partial charge in [0.1, 0.15) is 5.60 Å². The van der Waals surface area contributed by atoms with E-state index in [4.69, 9.17) is 9.84 Å². The maximum Gasteiger partial charge on any atom is 0.323 e. The second-order valence-corrected chi connectivity index (χ2v) is 11.2. The van der Waals surface area contributed by atoms with Crippen molar-refractivity contribution >= 4 is 17.9 Å². The molecule has 2 N–H and O–H groups in total. The number of ether oxygens (including phenoxy) is 1. The van der Waals surface area contributed by atoms with Crippen LogP contribution in [-0.4, -0.2) is 33.7 Å². The SMILES string of the molecule is CCCCCCCCCCCC(CCCCCCCCCCC(=O)O)(C(=O)O)C(=O)OC(C)(C)C. The van der Waals surface area contributed by atoms with E-state index < -0.39 is 28.9 Å². The van der Waals surface area contributed by atoms with E-state index in [1.54, 1.807) is 20.8 Å². The van der Waals surface area contributed by atoms with Gasteiger partial charge in [0.25, 0.3) is 0 Å². The van der Waals surface area contributed by atoms with Gasteiger partial charge in [-0.05, 0) is 40.0 Å². The number of carbonyl (C=O) groups is 3. The minimum absolute atomic E-state index is 0.237. The standard InChI is InChI=1S/C29H54O6/c1-5-6-7-8-9-11-14-17-20-23-29(26(32)33,27(34)35-28(2,3)4)24-21-18-15-12-10-13-16-19-22-25(30)31/h5-24H2,1-4H3,(H,30,31)(H,32,33). The first-order chi connectivity index (χ1) is 16.5. The van der Waals surface area contributed by atoms with Gasteiger partial charge in [0, 0.05) is 6.42 Å². The molecule has 6 heteroatoms. The van der Waals surface area contributed by atoms with Crippen LogP contribution in [0.15, 0.2) is 0 Å². The van der Waals surface area contributed by atoms with Gasteiger partial charge in [0.15, 0.2) is 5.41 Å². The summed E-state index contributed by atoms with van der Waals surface area (Å²) in [6, 6.07) is 0. The maximum absolute atomic E-state index is 13.1. The van der Waals surface area contributed by atoms with Crippen LogP contribution in [-0.2, 0) is 19.1 Å². The number of carboxylic acid groups (broad SMARTS) is 2. The number of hydrogen-bond donors (Lipinski definition) is 2. The van der Waals surface area contributed by atoms with E-state index in [0.717, 1.165) is 64.2 Å². The van der Waals surface area contributed by atoms with E-state index in [2.05, 4.69) is 6.92 Å². The Kier molecular flexibility index (Phi) is 18.7. The highest BCUT2D eigenvalue weighted by Crippen LogP contribution is 2.35. The first-order valence-corrected chi connectivity index (χ1v) is 14.2. The molecule has 0 rings (SSSR count). The van der Waals surface area contributed by atoms with Crippen LogP contribution in [0, 0.1) is 5.41 Å². The van der Waals surface area contributed by atoms with Crippen LogP contribution in [0.4, 0.5) is 0 Å². The molecule has 0 amide bonds. The number of carboxylic acids is 2. The zero-order chi connectivity index (χ0) is 26.6. The predicted molar refractivity (Wildman–Crippen MR) is 142 cm³/mol. The Hall–Kier alpha value is -1.59. The molecule has 0 aliphatic carbocycles. The molecule has 0 saturated heterocycles. The third kappa shape index (κ3) is 17.5. The van der Waals surface area contributed by atoms with Gasteiger partial charge in [-0.25, -0.2) is 0 Å². The van der Waals surface area contributed by atoms with Gasteiger partial charge in [-0.1, -0.05) is 110 Å². The summed E-state index contributed by atoms with van der Waals surface area (Å²) in [5.74, 6) is -2.38. The van der Waals surface area contributed by atoms with Crippen LogP contribution in [0.2, 0.25) is 0 Å². The molecular formula is C29H54O6. The molecule has 0 bridgehead atoms. The summed E-state index contributed by atoms with van der Waals surface area (Å²) in [5, 5.41) is 18.8. The highest BCUT2D eigenvalue weighted by molar-refractivity contribution is 5.99. The molecule has 0 fully saturated rings. The summed E-state index contributed by atoms with van der Waals surface area (Å²) < 4.78 is 5.59. The molecule has 6 nitrogen and oxygen atoms in total. The largest absolute Gasteiger partial charge is 0.481 e. The number of aliphatic carboxylic acids is 2. The van der Waals surface area contributed by atoms with E-state index in [9.17, 15) is 19.5 Å². The van der Waals surface area contributed by atoms with Gasteiger partial charge in [0.2, 0.25) is 0 Å². The fraction of sp³-hybridized carbons (Fsp3) is 0.897. The molecule has 0 heterocycles. The van der Waals surface area contributed by atoms with Crippen LogP contribution in [0.5, 0.6) is 0 Å². The number of carbonyl (C=O) groups excluding carboxylic acids is 1. The summed E-state index contributed by atoms with van der Waals surface area (Å²) >= 11 is 0. The molecule has 0 aliphatic rings. The van der Waals surface area contributed by atoms with Crippen molar-refractivity contribution in [3.8, 4) is 0 Å². The fourth-order valence-electron chi connectivity index (χ4n) is 4.51. The van der Waals surface area contributed by atoms with Crippen molar-refractivity contribution in [1.82, 2.24) is 0 Å². The van der Waals surface area contributed by atoms with Crippen LogP contribution in [0.1, 0.15) is 156 Å². The smallest absolute Gasteiger partial charge is 0.323 e. The van der Waals surface area contributed by atoms with Crippen molar-refractivity contribution < 1.29 is 29.3 Å². The van der Waals surface area contributed by atoms with Crippen molar-refractivity contribution in [1.29, 1.82) is 0 Å². The Morgan fingerprint density at radius 2 is 0.971 bits per heavy atom.